The predicted octanol–water partition coefficient (Wildman–Crippen LogP) is 2.14. The number of ether oxygens (including phenoxy) is 3. The van der Waals surface area contributed by atoms with Crippen LogP contribution in [0.3, 0.4) is 0 Å². The van der Waals surface area contributed by atoms with Gasteiger partial charge < -0.3 is 19.5 Å². The van der Waals surface area contributed by atoms with E-state index < -0.39 is 0 Å². The molecular weight excluding hydrogens is 230 g/mol. The summed E-state index contributed by atoms with van der Waals surface area (Å²) in [5, 5.41) is 3.47. The Kier molecular flexibility index (Phi) is 3.78. The Labute approximate surface area is 108 Å². The lowest BCUT2D eigenvalue weighted by molar-refractivity contribution is -0.0239. The molecule has 1 aromatic rings. The summed E-state index contributed by atoms with van der Waals surface area (Å²) in [6.07, 6.45) is 0.00285. The molecule has 1 aromatic carbocycles. The number of benzene rings is 1. The molecule has 1 unspecified atom stereocenters. The Hall–Kier alpha value is -1.26. The molecule has 0 saturated carbocycles. The summed E-state index contributed by atoms with van der Waals surface area (Å²) in [5.41, 5.74) is 1.06. The second-order valence-electron chi connectivity index (χ2n) is 5.17. The molecule has 1 fully saturated rings. The third-order valence-corrected chi connectivity index (χ3v) is 3.20. The molecule has 100 valence electrons. The molecule has 0 amide bonds. The zero-order valence-electron chi connectivity index (χ0n) is 11.4. The van der Waals surface area contributed by atoms with Gasteiger partial charge in [0.25, 0.3) is 0 Å². The lowest BCUT2D eigenvalue weighted by Crippen LogP contribution is -2.50. The van der Waals surface area contributed by atoms with E-state index in [2.05, 4.69) is 19.2 Å². The van der Waals surface area contributed by atoms with Gasteiger partial charge in [-0.25, -0.2) is 0 Å². The SMILES string of the molecule is COc1ccc(OC)c(C2CNC(C)(C)CO2)c1. The summed E-state index contributed by atoms with van der Waals surface area (Å²) >= 11 is 0. The number of methoxy groups -OCH3 is 2. The van der Waals surface area contributed by atoms with Crippen LogP contribution in [-0.2, 0) is 4.74 Å². The van der Waals surface area contributed by atoms with Gasteiger partial charge in [-0.2, -0.15) is 0 Å². The standard InChI is InChI=1S/C14H21NO3/c1-14(2)9-18-13(8-15-14)11-7-10(16-3)5-6-12(11)17-4/h5-7,13,15H,8-9H2,1-4H3. The number of nitrogens with one attached hydrogen (secondary N) is 1. The van der Waals surface area contributed by atoms with Crippen LogP contribution < -0.4 is 14.8 Å². The molecule has 1 saturated heterocycles. The number of morpholine rings is 1. The third-order valence-electron chi connectivity index (χ3n) is 3.20. The van der Waals surface area contributed by atoms with Crippen molar-refractivity contribution < 1.29 is 14.2 Å². The zero-order chi connectivity index (χ0) is 13.2. The van der Waals surface area contributed by atoms with Gasteiger partial charge in [-0.3, -0.25) is 0 Å². The fraction of sp³-hybridized carbons (Fsp3) is 0.571. The highest BCUT2D eigenvalue weighted by molar-refractivity contribution is 5.42. The lowest BCUT2D eigenvalue weighted by Gasteiger charge is -2.36. The third kappa shape index (κ3) is 2.76. The molecule has 0 bridgehead atoms. The zero-order valence-corrected chi connectivity index (χ0v) is 11.4. The van der Waals surface area contributed by atoms with E-state index in [0.29, 0.717) is 6.61 Å². The van der Waals surface area contributed by atoms with Gasteiger partial charge in [0, 0.05) is 17.6 Å². The topological polar surface area (TPSA) is 39.7 Å². The predicted molar refractivity (Wildman–Crippen MR) is 70.3 cm³/mol. The summed E-state index contributed by atoms with van der Waals surface area (Å²) in [5.74, 6) is 1.65. The smallest absolute Gasteiger partial charge is 0.124 e. The van der Waals surface area contributed by atoms with Crippen molar-refractivity contribution in [3.63, 3.8) is 0 Å². The highest BCUT2D eigenvalue weighted by atomic mass is 16.5. The van der Waals surface area contributed by atoms with Gasteiger partial charge in [0.15, 0.2) is 0 Å². The van der Waals surface area contributed by atoms with Gasteiger partial charge in [0.05, 0.1) is 26.9 Å². The molecule has 1 aliphatic heterocycles. The molecule has 0 spiro atoms. The van der Waals surface area contributed by atoms with E-state index in [1.54, 1.807) is 14.2 Å². The molecule has 0 aromatic heterocycles. The molecule has 4 nitrogen and oxygen atoms in total. The van der Waals surface area contributed by atoms with Gasteiger partial charge in [-0.1, -0.05) is 0 Å². The maximum atomic E-state index is 5.92. The van der Waals surface area contributed by atoms with Gasteiger partial charge in [-0.05, 0) is 32.0 Å². The van der Waals surface area contributed by atoms with Crippen molar-refractivity contribution in [1.29, 1.82) is 0 Å². The van der Waals surface area contributed by atoms with E-state index >= 15 is 0 Å². The monoisotopic (exact) mass is 251 g/mol. The minimum atomic E-state index is 0.00285. The minimum absolute atomic E-state index is 0.00285. The first-order chi connectivity index (χ1) is 8.55. The average molecular weight is 251 g/mol. The minimum Gasteiger partial charge on any atom is -0.497 e. The highest BCUT2D eigenvalue weighted by Crippen LogP contribution is 2.33. The summed E-state index contributed by atoms with van der Waals surface area (Å²) in [7, 11) is 3.33. The number of hydrogen-bond donors (Lipinski definition) is 1. The van der Waals surface area contributed by atoms with Crippen LogP contribution in [0.15, 0.2) is 18.2 Å². The molecule has 2 rings (SSSR count). The van der Waals surface area contributed by atoms with Gasteiger partial charge in [0.2, 0.25) is 0 Å². The number of hydrogen-bond acceptors (Lipinski definition) is 4. The average Bonchev–Trinajstić information content (AvgIpc) is 2.38. The van der Waals surface area contributed by atoms with E-state index in [9.17, 15) is 0 Å². The van der Waals surface area contributed by atoms with Crippen LogP contribution in [0.25, 0.3) is 0 Å². The molecule has 1 heterocycles. The first kappa shape index (κ1) is 13.2. The summed E-state index contributed by atoms with van der Waals surface area (Å²) in [4.78, 5) is 0. The second kappa shape index (κ2) is 5.16. The Morgan fingerprint density at radius 2 is 2.06 bits per heavy atom. The molecular formula is C14H21NO3. The first-order valence-electron chi connectivity index (χ1n) is 6.14. The molecule has 4 heteroatoms. The van der Waals surface area contributed by atoms with Crippen molar-refractivity contribution in [2.45, 2.75) is 25.5 Å². The summed E-state index contributed by atoms with van der Waals surface area (Å²) < 4.78 is 16.6. The summed E-state index contributed by atoms with van der Waals surface area (Å²) in [6.45, 7) is 5.71. The second-order valence-corrected chi connectivity index (χ2v) is 5.17. The lowest BCUT2D eigenvalue weighted by atomic mass is 10.0. The molecule has 1 aliphatic rings. The van der Waals surface area contributed by atoms with E-state index in [1.807, 2.05) is 18.2 Å². The molecule has 0 radical (unpaired) electrons. The molecule has 1 atom stereocenters. The van der Waals surface area contributed by atoms with E-state index in [-0.39, 0.29) is 11.6 Å². The van der Waals surface area contributed by atoms with Crippen molar-refractivity contribution in [3.05, 3.63) is 23.8 Å². The highest BCUT2D eigenvalue weighted by Gasteiger charge is 2.29. The van der Waals surface area contributed by atoms with E-state index in [0.717, 1.165) is 23.6 Å². The Bertz CT molecular complexity index is 408. The van der Waals surface area contributed by atoms with Crippen molar-refractivity contribution in [2.75, 3.05) is 27.4 Å². The molecule has 1 N–H and O–H groups in total. The van der Waals surface area contributed by atoms with Crippen molar-refractivity contribution in [2.24, 2.45) is 0 Å². The Morgan fingerprint density at radius 3 is 2.61 bits per heavy atom. The maximum absolute atomic E-state index is 5.92. The Balaban J connectivity index is 2.21. The quantitative estimate of drug-likeness (QED) is 0.893. The maximum Gasteiger partial charge on any atom is 0.124 e. The van der Waals surface area contributed by atoms with Crippen molar-refractivity contribution >= 4 is 0 Å². The van der Waals surface area contributed by atoms with E-state index in [4.69, 9.17) is 14.2 Å². The van der Waals surface area contributed by atoms with Crippen LogP contribution in [0.4, 0.5) is 0 Å². The van der Waals surface area contributed by atoms with Crippen LogP contribution in [0.5, 0.6) is 11.5 Å². The van der Waals surface area contributed by atoms with Crippen LogP contribution in [0.2, 0.25) is 0 Å². The van der Waals surface area contributed by atoms with E-state index in [1.165, 1.54) is 0 Å². The van der Waals surface area contributed by atoms with Gasteiger partial charge >= 0.3 is 0 Å². The fourth-order valence-electron chi connectivity index (χ4n) is 2.08. The van der Waals surface area contributed by atoms with Crippen LogP contribution in [-0.4, -0.2) is 32.9 Å². The molecule has 18 heavy (non-hydrogen) atoms. The van der Waals surface area contributed by atoms with Gasteiger partial charge in [0.1, 0.15) is 11.5 Å². The van der Waals surface area contributed by atoms with Crippen molar-refractivity contribution in [1.82, 2.24) is 5.32 Å². The largest absolute Gasteiger partial charge is 0.497 e. The van der Waals surface area contributed by atoms with Gasteiger partial charge in [-0.15, -0.1) is 0 Å². The Morgan fingerprint density at radius 1 is 1.28 bits per heavy atom. The van der Waals surface area contributed by atoms with Crippen LogP contribution in [0, 0.1) is 0 Å². The van der Waals surface area contributed by atoms with Crippen LogP contribution in [0.1, 0.15) is 25.5 Å². The van der Waals surface area contributed by atoms with Crippen molar-refractivity contribution in [3.8, 4) is 11.5 Å². The molecule has 0 aliphatic carbocycles. The summed E-state index contributed by atoms with van der Waals surface area (Å²) in [6, 6.07) is 5.78. The first-order valence-corrected chi connectivity index (χ1v) is 6.14. The van der Waals surface area contributed by atoms with Crippen LogP contribution >= 0.6 is 0 Å². The number of rotatable bonds is 3. The fourth-order valence-corrected chi connectivity index (χ4v) is 2.08. The normalized spacial score (nSPS) is 22.6.